The molecule has 3 aromatic carbocycles. The lowest BCUT2D eigenvalue weighted by Crippen LogP contribution is -2.12. The molecule has 4 rings (SSSR count). The fourth-order valence-corrected chi connectivity index (χ4v) is 4.33. The highest BCUT2D eigenvalue weighted by Crippen LogP contribution is 2.36. The lowest BCUT2D eigenvalue weighted by molar-refractivity contribution is 0.287. The van der Waals surface area contributed by atoms with Gasteiger partial charge in [-0.1, -0.05) is 24.3 Å². The van der Waals surface area contributed by atoms with E-state index in [9.17, 15) is 22.0 Å². The molecule has 0 heterocycles. The van der Waals surface area contributed by atoms with Gasteiger partial charge in [-0.25, -0.2) is 22.0 Å². The average Bonchev–Trinajstić information content (AvgIpc) is 2.77. The molecule has 1 nitrogen and oxygen atoms in total. The maximum atomic E-state index is 14.6. The summed E-state index contributed by atoms with van der Waals surface area (Å²) < 4.78 is 73.9. The summed E-state index contributed by atoms with van der Waals surface area (Å²) in [6.07, 6.45) is 4.31. The lowest BCUT2D eigenvalue weighted by atomic mass is 9.83. The van der Waals surface area contributed by atoms with Crippen molar-refractivity contribution in [1.29, 1.82) is 0 Å². The molecule has 3 aromatic rings. The zero-order valence-corrected chi connectivity index (χ0v) is 17.9. The van der Waals surface area contributed by atoms with E-state index in [1.807, 2.05) is 24.3 Å². The van der Waals surface area contributed by atoms with Crippen LogP contribution in [0.5, 0.6) is 5.75 Å². The summed E-state index contributed by atoms with van der Waals surface area (Å²) in [5.41, 5.74) is 1.86. The molecular weight excluding hydrogens is 443 g/mol. The number of benzene rings is 3. The molecule has 0 aromatic heterocycles. The Balaban J connectivity index is 1.49. The van der Waals surface area contributed by atoms with Gasteiger partial charge in [0.15, 0.2) is 17.5 Å². The van der Waals surface area contributed by atoms with Crippen LogP contribution in [0, 0.1) is 29.1 Å². The van der Waals surface area contributed by atoms with Crippen molar-refractivity contribution in [2.75, 3.05) is 0 Å². The number of ether oxygens (including phenoxy) is 1. The molecule has 1 aliphatic rings. The number of rotatable bonds is 5. The fourth-order valence-electron chi connectivity index (χ4n) is 4.04. The van der Waals surface area contributed by atoms with Crippen LogP contribution in [0.2, 0.25) is 0 Å². The quantitative estimate of drug-likeness (QED) is 0.233. The van der Waals surface area contributed by atoms with Crippen molar-refractivity contribution >= 4 is 12.6 Å². The van der Waals surface area contributed by atoms with E-state index in [0.717, 1.165) is 25.7 Å². The van der Waals surface area contributed by atoms with Gasteiger partial charge in [0, 0.05) is 17.4 Å². The molecule has 32 heavy (non-hydrogen) atoms. The Morgan fingerprint density at radius 1 is 0.719 bits per heavy atom. The average molecular weight is 464 g/mol. The maximum Gasteiger partial charge on any atom is 0.194 e. The van der Waals surface area contributed by atoms with Gasteiger partial charge in [-0.05, 0) is 60.4 Å². The SMILES string of the molecule is Fc1cc(OCc2c(F)cc(-c3ccc(C4CCC(S)CC4)cc3)cc2F)cc(F)c1F. The van der Waals surface area contributed by atoms with Gasteiger partial charge < -0.3 is 4.74 Å². The molecule has 0 N–H and O–H groups in total. The van der Waals surface area contributed by atoms with E-state index < -0.39 is 35.7 Å². The van der Waals surface area contributed by atoms with Crippen molar-refractivity contribution in [3.63, 3.8) is 0 Å². The smallest absolute Gasteiger partial charge is 0.194 e. The zero-order valence-electron chi connectivity index (χ0n) is 17.1. The third kappa shape index (κ3) is 4.93. The summed E-state index contributed by atoms with van der Waals surface area (Å²) in [7, 11) is 0. The van der Waals surface area contributed by atoms with Crippen LogP contribution in [0.1, 0.15) is 42.7 Å². The zero-order chi connectivity index (χ0) is 22.8. The van der Waals surface area contributed by atoms with Crippen LogP contribution >= 0.6 is 12.6 Å². The van der Waals surface area contributed by atoms with E-state index in [-0.39, 0.29) is 11.3 Å². The van der Waals surface area contributed by atoms with Crippen LogP contribution < -0.4 is 4.74 Å². The Morgan fingerprint density at radius 2 is 1.28 bits per heavy atom. The maximum absolute atomic E-state index is 14.6. The van der Waals surface area contributed by atoms with Gasteiger partial charge in [0.1, 0.15) is 24.0 Å². The molecule has 1 fully saturated rings. The molecule has 0 atom stereocenters. The number of hydrogen-bond donors (Lipinski definition) is 1. The predicted octanol–water partition coefficient (Wildman–Crippen LogP) is 7.58. The lowest BCUT2D eigenvalue weighted by Gasteiger charge is -2.26. The van der Waals surface area contributed by atoms with Crippen LogP contribution in [-0.2, 0) is 6.61 Å². The summed E-state index contributed by atoms with van der Waals surface area (Å²) in [4.78, 5) is 0. The van der Waals surface area contributed by atoms with E-state index in [2.05, 4.69) is 12.6 Å². The van der Waals surface area contributed by atoms with E-state index in [0.29, 0.717) is 34.4 Å². The van der Waals surface area contributed by atoms with Crippen LogP contribution in [-0.4, -0.2) is 5.25 Å². The van der Waals surface area contributed by atoms with E-state index in [1.165, 1.54) is 17.7 Å². The number of thiol groups is 1. The first-order valence-electron chi connectivity index (χ1n) is 10.4. The Labute approximate surface area is 188 Å². The second kappa shape index (κ2) is 9.53. The third-order valence-electron chi connectivity index (χ3n) is 5.89. The predicted molar refractivity (Wildman–Crippen MR) is 116 cm³/mol. The molecule has 1 saturated carbocycles. The van der Waals surface area contributed by atoms with E-state index in [1.54, 1.807) is 0 Å². The normalized spacial score (nSPS) is 18.6. The Bertz CT molecular complexity index is 1060. The first kappa shape index (κ1) is 22.6. The molecule has 7 heteroatoms. The minimum atomic E-state index is -1.64. The van der Waals surface area contributed by atoms with Crippen molar-refractivity contribution in [1.82, 2.24) is 0 Å². The highest BCUT2D eigenvalue weighted by molar-refractivity contribution is 7.80. The van der Waals surface area contributed by atoms with Crippen LogP contribution in [0.25, 0.3) is 11.1 Å². The van der Waals surface area contributed by atoms with Gasteiger partial charge >= 0.3 is 0 Å². The molecule has 0 spiro atoms. The van der Waals surface area contributed by atoms with E-state index >= 15 is 0 Å². The van der Waals surface area contributed by atoms with Crippen LogP contribution in [0.15, 0.2) is 48.5 Å². The van der Waals surface area contributed by atoms with Gasteiger partial charge in [-0.3, -0.25) is 0 Å². The second-order valence-corrected chi connectivity index (χ2v) is 8.77. The molecule has 1 aliphatic carbocycles. The molecule has 168 valence electrons. The molecule has 0 aliphatic heterocycles. The van der Waals surface area contributed by atoms with Crippen molar-refractivity contribution in [3.8, 4) is 16.9 Å². The van der Waals surface area contributed by atoms with Crippen molar-refractivity contribution < 1.29 is 26.7 Å². The molecule has 0 bridgehead atoms. The van der Waals surface area contributed by atoms with Crippen molar-refractivity contribution in [2.24, 2.45) is 0 Å². The largest absolute Gasteiger partial charge is 0.488 e. The summed E-state index contributed by atoms with van der Waals surface area (Å²) in [5, 5.41) is 0.458. The monoisotopic (exact) mass is 464 g/mol. The van der Waals surface area contributed by atoms with E-state index in [4.69, 9.17) is 4.74 Å². The standard InChI is InChI=1S/C25H21F5OS/c26-21-9-17(16-3-1-14(2-4-16)15-5-7-19(32)8-6-15)10-22(27)20(21)13-31-18-11-23(28)25(30)24(29)12-18/h1-4,9-12,15,19,32H,5-8,13H2. The summed E-state index contributed by atoms with van der Waals surface area (Å²) >= 11 is 4.53. The first-order chi connectivity index (χ1) is 15.3. The second-order valence-electron chi connectivity index (χ2n) is 8.04. The van der Waals surface area contributed by atoms with Crippen molar-refractivity contribution in [2.45, 2.75) is 43.5 Å². The minimum Gasteiger partial charge on any atom is -0.488 e. The highest BCUT2D eigenvalue weighted by Gasteiger charge is 2.20. The fraction of sp³-hybridized carbons (Fsp3) is 0.280. The van der Waals surface area contributed by atoms with Gasteiger partial charge in [0.25, 0.3) is 0 Å². The van der Waals surface area contributed by atoms with Gasteiger partial charge in [-0.15, -0.1) is 0 Å². The number of hydrogen-bond acceptors (Lipinski definition) is 2. The molecule has 0 unspecified atom stereocenters. The van der Waals surface area contributed by atoms with Gasteiger partial charge in [-0.2, -0.15) is 12.6 Å². The van der Waals surface area contributed by atoms with Gasteiger partial charge in [0.05, 0.1) is 5.56 Å². The first-order valence-corrected chi connectivity index (χ1v) is 10.9. The molecule has 0 amide bonds. The van der Waals surface area contributed by atoms with Crippen molar-refractivity contribution in [3.05, 3.63) is 88.7 Å². The molecule has 0 radical (unpaired) electrons. The highest BCUT2D eigenvalue weighted by atomic mass is 32.1. The minimum absolute atomic E-state index is 0.369. The van der Waals surface area contributed by atoms with Crippen LogP contribution in [0.4, 0.5) is 22.0 Å². The van der Waals surface area contributed by atoms with Gasteiger partial charge in [0.2, 0.25) is 0 Å². The summed E-state index contributed by atoms with van der Waals surface area (Å²) in [6, 6.07) is 11.3. The third-order valence-corrected chi connectivity index (χ3v) is 6.41. The molecular formula is C25H21F5OS. The Morgan fingerprint density at radius 3 is 1.84 bits per heavy atom. The summed E-state index contributed by atoms with van der Waals surface area (Å²) in [5.74, 6) is -6.12. The molecule has 0 saturated heterocycles. The Hall–Kier alpha value is -2.54. The topological polar surface area (TPSA) is 9.23 Å². The number of halogens is 5. The Kier molecular flexibility index (Phi) is 6.74. The van der Waals surface area contributed by atoms with Crippen LogP contribution in [0.3, 0.4) is 0 Å². The summed E-state index contributed by atoms with van der Waals surface area (Å²) in [6.45, 7) is -0.602.